The van der Waals surface area contributed by atoms with Crippen LogP contribution < -0.4 is 0 Å². The van der Waals surface area contributed by atoms with Crippen molar-refractivity contribution < 1.29 is 5.11 Å². The maximum absolute atomic E-state index is 9.49. The van der Waals surface area contributed by atoms with Gasteiger partial charge in [0.25, 0.3) is 0 Å². The first kappa shape index (κ1) is 9.72. The molecule has 1 aromatic carbocycles. The van der Waals surface area contributed by atoms with Crippen LogP contribution in [0, 0.1) is 5.92 Å². The molecule has 0 radical (unpaired) electrons. The van der Waals surface area contributed by atoms with Gasteiger partial charge in [0.1, 0.15) is 0 Å². The average Bonchev–Trinajstić information content (AvgIpc) is 2.13. The Morgan fingerprint density at radius 2 is 1.79 bits per heavy atom. The van der Waals surface area contributed by atoms with Crippen LogP contribution in [0.25, 0.3) is 0 Å². The number of rotatable bonds is 2. The van der Waals surface area contributed by atoms with Crippen molar-refractivity contribution in [1.82, 2.24) is 0 Å². The summed E-state index contributed by atoms with van der Waals surface area (Å²) in [5.41, 5.74) is 1.63. The zero-order valence-electron chi connectivity index (χ0n) is 8.90. The molecular weight excluding hydrogens is 172 g/mol. The molecule has 2 rings (SSSR count). The summed E-state index contributed by atoms with van der Waals surface area (Å²) >= 11 is 0. The van der Waals surface area contributed by atoms with Crippen LogP contribution in [0.1, 0.15) is 32.3 Å². The zero-order valence-corrected chi connectivity index (χ0v) is 8.90. The van der Waals surface area contributed by atoms with Crippen molar-refractivity contribution in [3.05, 3.63) is 35.9 Å². The summed E-state index contributed by atoms with van der Waals surface area (Å²) in [7, 11) is 0. The van der Waals surface area contributed by atoms with E-state index in [0.29, 0.717) is 5.92 Å². The van der Waals surface area contributed by atoms with Gasteiger partial charge in [0.2, 0.25) is 0 Å². The molecule has 1 fully saturated rings. The molecule has 0 atom stereocenters. The molecular formula is C13H18O. The van der Waals surface area contributed by atoms with Crippen LogP contribution in [0.2, 0.25) is 0 Å². The molecule has 1 aliphatic rings. The summed E-state index contributed by atoms with van der Waals surface area (Å²) < 4.78 is 0. The molecule has 1 N–H and O–H groups in total. The summed E-state index contributed by atoms with van der Waals surface area (Å²) in [5, 5.41) is 9.49. The van der Waals surface area contributed by atoms with Crippen molar-refractivity contribution in [2.75, 3.05) is 0 Å². The summed E-state index contributed by atoms with van der Waals surface area (Å²) in [5.74, 6) is 0.605. The second-order valence-electron chi connectivity index (χ2n) is 4.74. The second-order valence-corrected chi connectivity index (χ2v) is 4.74. The molecule has 1 nitrogen and oxygen atoms in total. The fourth-order valence-corrected chi connectivity index (χ4v) is 2.59. The minimum absolute atomic E-state index is 0.0855. The molecule has 0 aliphatic heterocycles. The lowest BCUT2D eigenvalue weighted by Crippen LogP contribution is -2.48. The van der Waals surface area contributed by atoms with E-state index >= 15 is 0 Å². The van der Waals surface area contributed by atoms with E-state index in [9.17, 15) is 5.11 Å². The Labute approximate surface area is 85.8 Å². The molecule has 76 valence electrons. The Balaban J connectivity index is 2.30. The quantitative estimate of drug-likeness (QED) is 0.760. The summed E-state index contributed by atoms with van der Waals surface area (Å²) in [6, 6.07) is 10.6. The van der Waals surface area contributed by atoms with Gasteiger partial charge in [0.15, 0.2) is 0 Å². The third-order valence-electron chi connectivity index (χ3n) is 3.65. The van der Waals surface area contributed by atoms with Crippen LogP contribution in [0.15, 0.2) is 30.3 Å². The molecule has 0 heterocycles. The van der Waals surface area contributed by atoms with E-state index in [0.717, 1.165) is 12.8 Å². The Hall–Kier alpha value is -0.820. The number of aliphatic hydroxyl groups is 1. The number of hydrogen-bond donors (Lipinski definition) is 1. The topological polar surface area (TPSA) is 20.2 Å². The van der Waals surface area contributed by atoms with Crippen LogP contribution in [0.4, 0.5) is 0 Å². The van der Waals surface area contributed by atoms with Gasteiger partial charge in [-0.3, -0.25) is 0 Å². The van der Waals surface area contributed by atoms with Crippen molar-refractivity contribution in [2.24, 2.45) is 5.92 Å². The van der Waals surface area contributed by atoms with Gasteiger partial charge in [-0.15, -0.1) is 0 Å². The van der Waals surface area contributed by atoms with Crippen LogP contribution in [-0.4, -0.2) is 11.2 Å². The third-order valence-corrected chi connectivity index (χ3v) is 3.65. The standard InChI is InChI=1S/C13H18O/c1-10(2)13(8-12(14)9-13)11-6-4-3-5-7-11/h3-7,10,12,14H,8-9H2,1-2H3. The minimum Gasteiger partial charge on any atom is -0.393 e. The SMILES string of the molecule is CC(C)C1(c2ccccc2)CC(O)C1. The van der Waals surface area contributed by atoms with Crippen LogP contribution in [-0.2, 0) is 5.41 Å². The highest BCUT2D eigenvalue weighted by Gasteiger charge is 2.46. The zero-order chi connectivity index (χ0) is 10.2. The van der Waals surface area contributed by atoms with Gasteiger partial charge in [-0.25, -0.2) is 0 Å². The van der Waals surface area contributed by atoms with Gasteiger partial charge < -0.3 is 5.11 Å². The van der Waals surface area contributed by atoms with Crippen LogP contribution >= 0.6 is 0 Å². The highest BCUT2D eigenvalue weighted by molar-refractivity contribution is 5.29. The van der Waals surface area contributed by atoms with Crippen LogP contribution in [0.5, 0.6) is 0 Å². The molecule has 0 saturated heterocycles. The summed E-state index contributed by atoms with van der Waals surface area (Å²) in [6.07, 6.45) is 1.77. The highest BCUT2D eigenvalue weighted by Crippen LogP contribution is 2.49. The van der Waals surface area contributed by atoms with E-state index in [-0.39, 0.29) is 11.5 Å². The van der Waals surface area contributed by atoms with Gasteiger partial charge in [0, 0.05) is 5.41 Å². The lowest BCUT2D eigenvalue weighted by Gasteiger charge is -2.49. The monoisotopic (exact) mass is 190 g/mol. The number of aliphatic hydroxyl groups excluding tert-OH is 1. The lowest BCUT2D eigenvalue weighted by molar-refractivity contribution is -0.00683. The fourth-order valence-electron chi connectivity index (χ4n) is 2.59. The minimum atomic E-state index is -0.0855. The van der Waals surface area contributed by atoms with E-state index < -0.39 is 0 Å². The molecule has 14 heavy (non-hydrogen) atoms. The van der Waals surface area contributed by atoms with Crippen molar-refractivity contribution in [3.8, 4) is 0 Å². The smallest absolute Gasteiger partial charge is 0.0557 e. The second kappa shape index (κ2) is 3.39. The van der Waals surface area contributed by atoms with E-state index in [4.69, 9.17) is 0 Å². The average molecular weight is 190 g/mol. The van der Waals surface area contributed by atoms with Crippen molar-refractivity contribution >= 4 is 0 Å². The highest BCUT2D eigenvalue weighted by atomic mass is 16.3. The molecule has 0 spiro atoms. The van der Waals surface area contributed by atoms with E-state index in [2.05, 4.69) is 38.1 Å². The van der Waals surface area contributed by atoms with E-state index in [1.54, 1.807) is 0 Å². The summed E-state index contributed by atoms with van der Waals surface area (Å²) in [6.45, 7) is 4.50. The van der Waals surface area contributed by atoms with E-state index in [1.807, 2.05) is 6.07 Å². The normalized spacial score (nSPS) is 31.6. The third kappa shape index (κ3) is 1.36. The predicted octanol–water partition coefficient (Wildman–Crippen LogP) is 2.74. The van der Waals surface area contributed by atoms with Gasteiger partial charge >= 0.3 is 0 Å². The lowest BCUT2D eigenvalue weighted by atomic mass is 9.57. The maximum atomic E-state index is 9.49. The van der Waals surface area contributed by atoms with Crippen molar-refractivity contribution in [1.29, 1.82) is 0 Å². The Kier molecular flexibility index (Phi) is 2.36. The Morgan fingerprint density at radius 3 is 2.21 bits per heavy atom. The molecule has 0 unspecified atom stereocenters. The number of benzene rings is 1. The summed E-state index contributed by atoms with van der Waals surface area (Å²) in [4.78, 5) is 0. The number of hydrogen-bond acceptors (Lipinski definition) is 1. The molecule has 1 aromatic rings. The molecule has 1 aliphatic carbocycles. The first-order chi connectivity index (χ1) is 6.65. The molecule has 1 saturated carbocycles. The van der Waals surface area contributed by atoms with Crippen molar-refractivity contribution in [2.45, 2.75) is 38.2 Å². The maximum Gasteiger partial charge on any atom is 0.0557 e. The van der Waals surface area contributed by atoms with Crippen molar-refractivity contribution in [3.63, 3.8) is 0 Å². The molecule has 0 bridgehead atoms. The fraction of sp³-hybridized carbons (Fsp3) is 0.538. The van der Waals surface area contributed by atoms with Gasteiger partial charge in [-0.1, -0.05) is 44.2 Å². The Bertz CT molecular complexity index is 296. The first-order valence-electron chi connectivity index (χ1n) is 5.39. The first-order valence-corrected chi connectivity index (χ1v) is 5.39. The molecule has 0 aromatic heterocycles. The largest absolute Gasteiger partial charge is 0.393 e. The van der Waals surface area contributed by atoms with Gasteiger partial charge in [-0.05, 0) is 24.3 Å². The molecule has 0 amide bonds. The molecule has 1 heteroatoms. The van der Waals surface area contributed by atoms with Crippen LogP contribution in [0.3, 0.4) is 0 Å². The van der Waals surface area contributed by atoms with Gasteiger partial charge in [-0.2, -0.15) is 0 Å². The van der Waals surface area contributed by atoms with E-state index in [1.165, 1.54) is 5.56 Å². The van der Waals surface area contributed by atoms with Gasteiger partial charge in [0.05, 0.1) is 6.10 Å². The Morgan fingerprint density at radius 1 is 1.21 bits per heavy atom. The predicted molar refractivity (Wildman–Crippen MR) is 58.2 cm³/mol.